The molecule has 144 valence electrons. The molecule has 0 saturated carbocycles. The van der Waals surface area contributed by atoms with Crippen LogP contribution in [0, 0.1) is 0 Å². The number of likely N-dealkylation sites (tertiary alicyclic amines) is 1. The number of rotatable bonds is 5. The molecular formula is C22H23N3O3. The predicted molar refractivity (Wildman–Crippen MR) is 106 cm³/mol. The number of hydrogen-bond acceptors (Lipinski definition) is 5. The van der Waals surface area contributed by atoms with Crippen molar-refractivity contribution in [2.45, 2.75) is 31.4 Å². The molecule has 1 aromatic carbocycles. The number of carbonyl (C=O) groups excluding carboxylic acids is 2. The van der Waals surface area contributed by atoms with Crippen LogP contribution in [-0.2, 0) is 11.3 Å². The summed E-state index contributed by atoms with van der Waals surface area (Å²) >= 11 is 0. The van der Waals surface area contributed by atoms with Gasteiger partial charge in [-0.05, 0) is 35.9 Å². The molecule has 6 heteroatoms. The highest BCUT2D eigenvalue weighted by Crippen LogP contribution is 2.39. The van der Waals surface area contributed by atoms with Crippen molar-refractivity contribution in [3.8, 4) is 5.75 Å². The second kappa shape index (κ2) is 7.94. The fraction of sp³-hybridized carbons (Fsp3) is 0.318. The summed E-state index contributed by atoms with van der Waals surface area (Å²) in [7, 11) is 0. The van der Waals surface area contributed by atoms with Gasteiger partial charge < -0.3 is 10.1 Å². The molecule has 28 heavy (non-hydrogen) atoms. The lowest BCUT2D eigenvalue weighted by molar-refractivity contribution is -0.108. The molecule has 6 nitrogen and oxygen atoms in total. The molecule has 2 aromatic rings. The number of piperidine rings is 1. The van der Waals surface area contributed by atoms with E-state index in [1.54, 1.807) is 12.3 Å². The molecule has 1 aromatic heterocycles. The summed E-state index contributed by atoms with van der Waals surface area (Å²) in [6, 6.07) is 11.5. The van der Waals surface area contributed by atoms with Gasteiger partial charge in [-0.1, -0.05) is 12.1 Å². The lowest BCUT2D eigenvalue weighted by Gasteiger charge is -2.44. The van der Waals surface area contributed by atoms with Gasteiger partial charge in [0, 0.05) is 44.9 Å². The van der Waals surface area contributed by atoms with Crippen LogP contribution < -0.4 is 10.1 Å². The van der Waals surface area contributed by atoms with Crippen molar-refractivity contribution in [3.05, 3.63) is 65.6 Å². The standard InChI is InChI=1S/C22H23N3O3/c26-16-23-10-6-17-4-5-21-19(13-17)20(27)14-22(28-21)7-11-25(12-8-22)15-18-3-1-2-9-24-18/h1-6,9-10,13,16H,7-8,11-12,14-15H2,(H,23,26)/b10-6+. The Balaban J connectivity index is 1.43. The number of nitrogens with one attached hydrogen (secondary N) is 1. The highest BCUT2D eigenvalue weighted by Gasteiger charge is 2.42. The maximum absolute atomic E-state index is 12.8. The van der Waals surface area contributed by atoms with Crippen LogP contribution in [0.3, 0.4) is 0 Å². The van der Waals surface area contributed by atoms with Gasteiger partial charge in [-0.25, -0.2) is 0 Å². The molecule has 0 radical (unpaired) electrons. The molecule has 0 atom stereocenters. The molecular weight excluding hydrogens is 354 g/mol. The normalized spacial score (nSPS) is 18.6. The first-order chi connectivity index (χ1) is 13.7. The first-order valence-electron chi connectivity index (χ1n) is 9.52. The van der Waals surface area contributed by atoms with E-state index in [-0.39, 0.29) is 5.78 Å². The summed E-state index contributed by atoms with van der Waals surface area (Å²) in [5.41, 5.74) is 2.14. The molecule has 0 aliphatic carbocycles. The van der Waals surface area contributed by atoms with E-state index >= 15 is 0 Å². The third-order valence-corrected chi connectivity index (χ3v) is 5.43. The van der Waals surface area contributed by atoms with E-state index in [4.69, 9.17) is 4.74 Å². The van der Waals surface area contributed by atoms with Gasteiger partial charge in [-0.15, -0.1) is 0 Å². The summed E-state index contributed by atoms with van der Waals surface area (Å²) in [4.78, 5) is 29.9. The first-order valence-corrected chi connectivity index (χ1v) is 9.52. The highest BCUT2D eigenvalue weighted by atomic mass is 16.5. The maximum atomic E-state index is 12.8. The van der Waals surface area contributed by atoms with E-state index in [2.05, 4.69) is 15.2 Å². The number of benzene rings is 1. The zero-order valence-corrected chi connectivity index (χ0v) is 15.6. The number of fused-ring (bicyclic) bond motifs is 1. The van der Waals surface area contributed by atoms with Crippen LogP contribution in [0.5, 0.6) is 5.75 Å². The second-order valence-electron chi connectivity index (χ2n) is 7.36. The summed E-state index contributed by atoms with van der Waals surface area (Å²) in [6.45, 7) is 2.60. The van der Waals surface area contributed by atoms with Crippen LogP contribution in [-0.4, -0.2) is 40.8 Å². The lowest BCUT2D eigenvalue weighted by Crippen LogP contribution is -2.50. The predicted octanol–water partition coefficient (Wildman–Crippen LogP) is 2.80. The number of carbonyl (C=O) groups is 2. The van der Waals surface area contributed by atoms with Gasteiger partial charge in [0.1, 0.15) is 11.4 Å². The van der Waals surface area contributed by atoms with Crippen molar-refractivity contribution in [1.82, 2.24) is 15.2 Å². The number of ketones is 1. The van der Waals surface area contributed by atoms with Gasteiger partial charge in [-0.3, -0.25) is 19.5 Å². The SMILES string of the molecule is O=CN/C=C/c1ccc2c(c1)C(=O)CC1(CCN(Cc3ccccn3)CC1)O2. The molecule has 0 bridgehead atoms. The number of Topliss-reactive ketones (excluding diaryl/α,β-unsaturated/α-hetero) is 1. The zero-order chi connectivity index (χ0) is 19.4. The van der Waals surface area contributed by atoms with Gasteiger partial charge in [-0.2, -0.15) is 0 Å². The van der Waals surface area contributed by atoms with Gasteiger partial charge in [0.15, 0.2) is 5.78 Å². The van der Waals surface area contributed by atoms with Crippen LogP contribution >= 0.6 is 0 Å². The molecule has 2 aliphatic rings. The molecule has 1 fully saturated rings. The quantitative estimate of drug-likeness (QED) is 0.812. The fourth-order valence-electron chi connectivity index (χ4n) is 3.92. The minimum Gasteiger partial charge on any atom is -0.486 e. The maximum Gasteiger partial charge on any atom is 0.211 e. The highest BCUT2D eigenvalue weighted by molar-refractivity contribution is 6.00. The number of aromatic nitrogens is 1. The molecule has 1 N–H and O–H groups in total. The molecule has 1 amide bonds. The van der Waals surface area contributed by atoms with Crippen LogP contribution in [0.2, 0.25) is 0 Å². The first kappa shape index (κ1) is 18.4. The zero-order valence-electron chi connectivity index (χ0n) is 15.6. The van der Waals surface area contributed by atoms with Gasteiger partial charge in [0.2, 0.25) is 6.41 Å². The Labute approximate surface area is 164 Å². The molecule has 4 rings (SSSR count). The Morgan fingerprint density at radius 1 is 1.21 bits per heavy atom. The molecule has 0 unspecified atom stereocenters. The fourth-order valence-corrected chi connectivity index (χ4v) is 3.92. The molecule has 1 saturated heterocycles. The van der Waals surface area contributed by atoms with Crippen molar-refractivity contribution in [1.29, 1.82) is 0 Å². The van der Waals surface area contributed by atoms with E-state index < -0.39 is 5.60 Å². The van der Waals surface area contributed by atoms with E-state index in [9.17, 15) is 9.59 Å². The number of pyridine rings is 1. The van der Waals surface area contributed by atoms with Crippen molar-refractivity contribution in [3.63, 3.8) is 0 Å². The van der Waals surface area contributed by atoms with Crippen LogP contribution in [0.15, 0.2) is 48.8 Å². The van der Waals surface area contributed by atoms with Crippen molar-refractivity contribution >= 4 is 18.3 Å². The summed E-state index contributed by atoms with van der Waals surface area (Å²) in [5.74, 6) is 0.785. The topological polar surface area (TPSA) is 71.5 Å². The van der Waals surface area contributed by atoms with Crippen LogP contribution in [0.25, 0.3) is 6.08 Å². The smallest absolute Gasteiger partial charge is 0.211 e. The second-order valence-corrected chi connectivity index (χ2v) is 7.36. The third kappa shape index (κ3) is 3.97. The summed E-state index contributed by atoms with van der Waals surface area (Å²) in [5, 5.41) is 2.47. The Kier molecular flexibility index (Phi) is 5.21. The number of ether oxygens (including phenoxy) is 1. The Hall–Kier alpha value is -2.99. The van der Waals surface area contributed by atoms with Gasteiger partial charge >= 0.3 is 0 Å². The minimum absolute atomic E-state index is 0.123. The number of hydrogen-bond donors (Lipinski definition) is 1. The Morgan fingerprint density at radius 3 is 2.82 bits per heavy atom. The monoisotopic (exact) mass is 377 g/mol. The lowest BCUT2D eigenvalue weighted by atomic mass is 9.82. The number of nitrogens with zero attached hydrogens (tertiary/aromatic N) is 2. The molecule has 1 spiro atoms. The van der Waals surface area contributed by atoms with Crippen LogP contribution in [0.1, 0.15) is 40.9 Å². The van der Waals surface area contributed by atoms with Crippen molar-refractivity contribution in [2.75, 3.05) is 13.1 Å². The summed E-state index contributed by atoms with van der Waals surface area (Å²) in [6.07, 6.45) is 7.79. The average molecular weight is 377 g/mol. The van der Waals surface area contributed by atoms with E-state index in [0.29, 0.717) is 24.1 Å². The van der Waals surface area contributed by atoms with Gasteiger partial charge in [0.25, 0.3) is 0 Å². The molecule has 3 heterocycles. The minimum atomic E-state index is -0.402. The average Bonchev–Trinajstić information content (AvgIpc) is 2.71. The number of amides is 1. The van der Waals surface area contributed by atoms with Crippen LogP contribution in [0.4, 0.5) is 0 Å². The largest absolute Gasteiger partial charge is 0.486 e. The van der Waals surface area contributed by atoms with Crippen molar-refractivity contribution in [2.24, 2.45) is 0 Å². The van der Waals surface area contributed by atoms with Crippen molar-refractivity contribution < 1.29 is 14.3 Å². The van der Waals surface area contributed by atoms with E-state index in [1.807, 2.05) is 42.6 Å². The third-order valence-electron chi connectivity index (χ3n) is 5.43. The molecule has 2 aliphatic heterocycles. The Morgan fingerprint density at radius 2 is 2.07 bits per heavy atom. The summed E-state index contributed by atoms with van der Waals surface area (Å²) < 4.78 is 6.35. The van der Waals surface area contributed by atoms with E-state index in [0.717, 1.165) is 43.7 Å². The van der Waals surface area contributed by atoms with Gasteiger partial charge in [0.05, 0.1) is 17.7 Å². The van der Waals surface area contributed by atoms with E-state index in [1.165, 1.54) is 0 Å². The Bertz CT molecular complexity index is 887.